The van der Waals surface area contributed by atoms with Crippen molar-refractivity contribution in [2.75, 3.05) is 19.7 Å². The van der Waals surface area contributed by atoms with Crippen molar-refractivity contribution in [3.8, 4) is 11.8 Å². The second kappa shape index (κ2) is 9.39. The van der Waals surface area contributed by atoms with Crippen LogP contribution in [0.3, 0.4) is 0 Å². The minimum atomic E-state index is 0.529. The van der Waals surface area contributed by atoms with E-state index >= 15 is 0 Å². The molecule has 0 saturated heterocycles. The van der Waals surface area contributed by atoms with E-state index in [2.05, 4.69) is 31.7 Å². The first-order valence-corrected chi connectivity index (χ1v) is 7.55. The molecule has 1 aromatic carbocycles. The number of ether oxygens (including phenoxy) is 1. The molecule has 0 spiro atoms. The van der Waals surface area contributed by atoms with Gasteiger partial charge in [-0.25, -0.2) is 0 Å². The maximum atomic E-state index is 9.02. The van der Waals surface area contributed by atoms with E-state index in [0.29, 0.717) is 24.0 Å². The lowest BCUT2D eigenvalue weighted by Gasteiger charge is -2.26. The van der Waals surface area contributed by atoms with Gasteiger partial charge < -0.3 is 4.74 Å². The van der Waals surface area contributed by atoms with Crippen LogP contribution in [0.5, 0.6) is 5.75 Å². The summed E-state index contributed by atoms with van der Waals surface area (Å²) in [5, 5.41) is 9.02. The van der Waals surface area contributed by atoms with Crippen molar-refractivity contribution < 1.29 is 4.74 Å². The Labute approximate surface area is 123 Å². The molecule has 0 saturated carbocycles. The third-order valence-corrected chi connectivity index (χ3v) is 3.42. The van der Waals surface area contributed by atoms with Gasteiger partial charge in [0, 0.05) is 12.6 Å². The molecule has 0 amide bonds. The summed E-state index contributed by atoms with van der Waals surface area (Å²) in [5.41, 5.74) is 0.606. The SMILES string of the molecule is CCCCCN(CCOc1ccccc1C#N)C(C)C. The van der Waals surface area contributed by atoms with Gasteiger partial charge in [0.1, 0.15) is 18.4 Å². The van der Waals surface area contributed by atoms with Crippen molar-refractivity contribution in [2.45, 2.75) is 46.1 Å². The summed E-state index contributed by atoms with van der Waals surface area (Å²) >= 11 is 0. The predicted octanol–water partition coefficient (Wildman–Crippen LogP) is 3.84. The van der Waals surface area contributed by atoms with Gasteiger partial charge in [0.05, 0.1) is 5.56 Å². The largest absolute Gasteiger partial charge is 0.491 e. The van der Waals surface area contributed by atoms with E-state index < -0.39 is 0 Å². The Morgan fingerprint density at radius 1 is 1.20 bits per heavy atom. The van der Waals surface area contributed by atoms with Crippen LogP contribution in [0, 0.1) is 11.3 Å². The number of benzene rings is 1. The fraction of sp³-hybridized carbons (Fsp3) is 0.588. The highest BCUT2D eigenvalue weighted by Gasteiger charge is 2.09. The van der Waals surface area contributed by atoms with E-state index in [1.54, 1.807) is 6.07 Å². The lowest BCUT2D eigenvalue weighted by atomic mass is 10.2. The topological polar surface area (TPSA) is 36.3 Å². The number of nitriles is 1. The third-order valence-electron chi connectivity index (χ3n) is 3.42. The molecule has 1 rings (SSSR count). The highest BCUT2D eigenvalue weighted by molar-refractivity contribution is 5.42. The molecule has 0 aliphatic rings. The zero-order valence-corrected chi connectivity index (χ0v) is 12.9. The van der Waals surface area contributed by atoms with Crippen molar-refractivity contribution in [1.29, 1.82) is 5.26 Å². The van der Waals surface area contributed by atoms with Crippen molar-refractivity contribution in [3.05, 3.63) is 29.8 Å². The molecule has 0 aliphatic carbocycles. The van der Waals surface area contributed by atoms with Crippen molar-refractivity contribution in [3.63, 3.8) is 0 Å². The molecule has 0 N–H and O–H groups in total. The Bertz CT molecular complexity index is 423. The summed E-state index contributed by atoms with van der Waals surface area (Å²) in [7, 11) is 0. The summed E-state index contributed by atoms with van der Waals surface area (Å²) < 4.78 is 5.75. The molecule has 0 atom stereocenters. The van der Waals surface area contributed by atoms with Gasteiger partial charge in [0.15, 0.2) is 0 Å². The number of unbranched alkanes of at least 4 members (excludes halogenated alkanes) is 2. The molecule has 0 heterocycles. The number of nitrogens with zero attached hydrogens (tertiary/aromatic N) is 2. The molecule has 0 fully saturated rings. The van der Waals surface area contributed by atoms with Gasteiger partial charge in [-0.2, -0.15) is 5.26 Å². The second-order valence-corrected chi connectivity index (χ2v) is 5.29. The van der Waals surface area contributed by atoms with Crippen LogP contribution in [-0.4, -0.2) is 30.6 Å². The molecule has 0 aromatic heterocycles. The van der Waals surface area contributed by atoms with Crippen LogP contribution in [0.1, 0.15) is 45.6 Å². The van der Waals surface area contributed by atoms with E-state index in [1.165, 1.54) is 19.3 Å². The van der Waals surface area contributed by atoms with Gasteiger partial charge in [-0.05, 0) is 38.9 Å². The minimum Gasteiger partial charge on any atom is -0.491 e. The maximum absolute atomic E-state index is 9.02. The van der Waals surface area contributed by atoms with Gasteiger partial charge in [-0.15, -0.1) is 0 Å². The summed E-state index contributed by atoms with van der Waals surface area (Å²) in [6, 6.07) is 10.1. The maximum Gasteiger partial charge on any atom is 0.137 e. The molecule has 1 aromatic rings. The summed E-state index contributed by atoms with van der Waals surface area (Å²) in [5.74, 6) is 0.687. The summed E-state index contributed by atoms with van der Waals surface area (Å²) in [6.45, 7) is 9.31. The Kier molecular flexibility index (Phi) is 7.75. The first-order chi connectivity index (χ1) is 9.69. The molecule has 0 bridgehead atoms. The number of hydrogen-bond donors (Lipinski definition) is 0. The average molecular weight is 274 g/mol. The molecule has 0 aliphatic heterocycles. The fourth-order valence-corrected chi connectivity index (χ4v) is 2.15. The quantitative estimate of drug-likeness (QED) is 0.642. The van der Waals surface area contributed by atoms with Crippen molar-refractivity contribution in [1.82, 2.24) is 4.90 Å². The van der Waals surface area contributed by atoms with E-state index in [4.69, 9.17) is 10.00 Å². The summed E-state index contributed by atoms with van der Waals surface area (Å²) in [6.07, 6.45) is 3.77. The lowest BCUT2D eigenvalue weighted by Crippen LogP contribution is -2.35. The Morgan fingerprint density at radius 2 is 1.95 bits per heavy atom. The van der Waals surface area contributed by atoms with Crippen LogP contribution in [0.15, 0.2) is 24.3 Å². The minimum absolute atomic E-state index is 0.529. The van der Waals surface area contributed by atoms with Gasteiger partial charge in [0.25, 0.3) is 0 Å². The van der Waals surface area contributed by atoms with Crippen LogP contribution < -0.4 is 4.74 Å². The van der Waals surface area contributed by atoms with Gasteiger partial charge >= 0.3 is 0 Å². The highest BCUT2D eigenvalue weighted by Crippen LogP contribution is 2.16. The van der Waals surface area contributed by atoms with Crippen LogP contribution in [0.4, 0.5) is 0 Å². The molecule has 3 nitrogen and oxygen atoms in total. The summed E-state index contributed by atoms with van der Waals surface area (Å²) in [4.78, 5) is 2.44. The molecular weight excluding hydrogens is 248 g/mol. The number of hydrogen-bond acceptors (Lipinski definition) is 3. The molecule has 0 unspecified atom stereocenters. The first kappa shape index (κ1) is 16.5. The van der Waals surface area contributed by atoms with Crippen molar-refractivity contribution in [2.24, 2.45) is 0 Å². The normalized spacial score (nSPS) is 10.8. The monoisotopic (exact) mass is 274 g/mol. The van der Waals surface area contributed by atoms with Crippen LogP contribution in [0.25, 0.3) is 0 Å². The first-order valence-electron chi connectivity index (χ1n) is 7.55. The van der Waals surface area contributed by atoms with Gasteiger partial charge in [-0.1, -0.05) is 31.9 Å². The van der Waals surface area contributed by atoms with E-state index in [-0.39, 0.29) is 0 Å². The number of para-hydroxylation sites is 1. The highest BCUT2D eigenvalue weighted by atomic mass is 16.5. The van der Waals surface area contributed by atoms with E-state index in [0.717, 1.165) is 13.1 Å². The zero-order chi connectivity index (χ0) is 14.8. The molecule has 0 radical (unpaired) electrons. The smallest absolute Gasteiger partial charge is 0.137 e. The van der Waals surface area contributed by atoms with Crippen LogP contribution >= 0.6 is 0 Å². The van der Waals surface area contributed by atoms with E-state index in [1.807, 2.05) is 18.2 Å². The molecule has 3 heteroatoms. The van der Waals surface area contributed by atoms with E-state index in [9.17, 15) is 0 Å². The second-order valence-electron chi connectivity index (χ2n) is 5.29. The van der Waals surface area contributed by atoms with Gasteiger partial charge in [-0.3, -0.25) is 4.90 Å². The average Bonchev–Trinajstić information content (AvgIpc) is 2.46. The lowest BCUT2D eigenvalue weighted by molar-refractivity contribution is 0.173. The van der Waals surface area contributed by atoms with Gasteiger partial charge in [0.2, 0.25) is 0 Å². The Hall–Kier alpha value is -1.53. The Balaban J connectivity index is 2.42. The van der Waals surface area contributed by atoms with Crippen molar-refractivity contribution >= 4 is 0 Å². The predicted molar refractivity (Wildman–Crippen MR) is 82.9 cm³/mol. The number of rotatable bonds is 9. The third kappa shape index (κ3) is 5.63. The zero-order valence-electron chi connectivity index (χ0n) is 12.9. The Morgan fingerprint density at radius 3 is 2.60 bits per heavy atom. The molecule has 110 valence electrons. The van der Waals surface area contributed by atoms with Crippen LogP contribution in [-0.2, 0) is 0 Å². The molecular formula is C17H26N2O. The standard InChI is InChI=1S/C17H26N2O/c1-4-5-8-11-19(15(2)3)12-13-20-17-10-7-6-9-16(17)14-18/h6-7,9-10,15H,4-5,8,11-13H2,1-3H3. The fourth-order valence-electron chi connectivity index (χ4n) is 2.15. The molecule has 20 heavy (non-hydrogen) atoms. The van der Waals surface area contributed by atoms with Crippen LogP contribution in [0.2, 0.25) is 0 Å².